The zero-order valence-electron chi connectivity index (χ0n) is 15.2. The minimum atomic E-state index is -0.0188. The molecule has 0 fully saturated rings. The molecule has 0 spiro atoms. The smallest absolute Gasteiger partial charge is 0.251 e. The predicted molar refractivity (Wildman–Crippen MR) is 105 cm³/mol. The summed E-state index contributed by atoms with van der Waals surface area (Å²) >= 11 is 1.74. The molecule has 0 saturated heterocycles. The van der Waals surface area contributed by atoms with E-state index in [9.17, 15) is 4.79 Å². The van der Waals surface area contributed by atoms with Gasteiger partial charge < -0.3 is 10.1 Å². The second-order valence-corrected chi connectivity index (χ2v) is 7.34. The second kappa shape index (κ2) is 10.1. The van der Waals surface area contributed by atoms with Gasteiger partial charge in [-0.1, -0.05) is 32.0 Å². The molecule has 134 valence electrons. The molecule has 2 rings (SSSR count). The lowest BCUT2D eigenvalue weighted by Crippen LogP contribution is -2.25. The topological polar surface area (TPSA) is 38.3 Å². The molecule has 0 unspecified atom stereocenters. The Morgan fingerprint density at radius 2 is 1.92 bits per heavy atom. The summed E-state index contributed by atoms with van der Waals surface area (Å²) in [5.74, 6) is 2.18. The number of hydrogen-bond donors (Lipinski definition) is 1. The Hall–Kier alpha value is -1.94. The molecule has 0 aliphatic rings. The molecule has 0 heterocycles. The van der Waals surface area contributed by atoms with Crippen LogP contribution >= 0.6 is 11.8 Å². The Bertz CT molecular complexity index is 671. The Labute approximate surface area is 155 Å². The maximum atomic E-state index is 12.4. The molecule has 0 aliphatic carbocycles. The second-order valence-electron chi connectivity index (χ2n) is 6.30. The van der Waals surface area contributed by atoms with Crippen LogP contribution in [0.2, 0.25) is 0 Å². The fourth-order valence-corrected chi connectivity index (χ4v) is 3.28. The summed E-state index contributed by atoms with van der Waals surface area (Å²) in [6, 6.07) is 16.0. The number of amides is 1. The molecule has 25 heavy (non-hydrogen) atoms. The third-order valence-electron chi connectivity index (χ3n) is 3.77. The number of rotatable bonds is 9. The number of ether oxygens (including phenoxy) is 1. The van der Waals surface area contributed by atoms with Crippen LogP contribution < -0.4 is 10.1 Å². The van der Waals surface area contributed by atoms with Crippen molar-refractivity contribution in [3.05, 3.63) is 59.7 Å². The Morgan fingerprint density at radius 3 is 2.60 bits per heavy atom. The Balaban J connectivity index is 2.08. The van der Waals surface area contributed by atoms with Crippen LogP contribution in [-0.2, 0) is 5.75 Å². The van der Waals surface area contributed by atoms with Gasteiger partial charge in [-0.2, -0.15) is 0 Å². The lowest BCUT2D eigenvalue weighted by molar-refractivity contribution is 0.0952. The normalized spacial score (nSPS) is 10.7. The molecule has 1 amide bonds. The SMILES string of the molecule is CCOc1ccc(C(=O)NCCC(C)C)cc1CSc1ccccc1. The van der Waals surface area contributed by atoms with Gasteiger partial charge >= 0.3 is 0 Å². The van der Waals surface area contributed by atoms with E-state index in [-0.39, 0.29) is 5.91 Å². The van der Waals surface area contributed by atoms with E-state index in [1.54, 1.807) is 11.8 Å². The van der Waals surface area contributed by atoms with E-state index in [4.69, 9.17) is 4.74 Å². The van der Waals surface area contributed by atoms with E-state index >= 15 is 0 Å². The summed E-state index contributed by atoms with van der Waals surface area (Å²) in [4.78, 5) is 13.6. The number of nitrogens with one attached hydrogen (secondary N) is 1. The van der Waals surface area contributed by atoms with Crippen LogP contribution in [0.25, 0.3) is 0 Å². The molecule has 0 saturated carbocycles. The standard InChI is InChI=1S/C21H27NO2S/c1-4-24-20-11-10-17(21(23)22-13-12-16(2)3)14-18(20)15-25-19-8-6-5-7-9-19/h5-11,14,16H,4,12-13,15H2,1-3H3,(H,22,23). The van der Waals surface area contributed by atoms with Crippen molar-refractivity contribution in [2.24, 2.45) is 5.92 Å². The number of carbonyl (C=O) groups is 1. The largest absolute Gasteiger partial charge is 0.494 e. The summed E-state index contributed by atoms with van der Waals surface area (Å²) in [6.07, 6.45) is 0.986. The number of carbonyl (C=O) groups excluding carboxylic acids is 1. The van der Waals surface area contributed by atoms with E-state index in [2.05, 4.69) is 31.3 Å². The third kappa shape index (κ3) is 6.46. The first-order valence-electron chi connectivity index (χ1n) is 8.82. The quantitative estimate of drug-likeness (QED) is 0.631. The maximum absolute atomic E-state index is 12.4. The van der Waals surface area contributed by atoms with Crippen molar-refractivity contribution >= 4 is 17.7 Å². The van der Waals surface area contributed by atoms with Crippen LogP contribution in [0, 0.1) is 5.92 Å². The first-order chi connectivity index (χ1) is 12.1. The highest BCUT2D eigenvalue weighted by molar-refractivity contribution is 7.98. The van der Waals surface area contributed by atoms with E-state index in [0.717, 1.165) is 23.5 Å². The van der Waals surface area contributed by atoms with Gasteiger partial charge in [0.25, 0.3) is 5.91 Å². The van der Waals surface area contributed by atoms with Crippen LogP contribution in [0.4, 0.5) is 0 Å². The molecule has 0 radical (unpaired) electrons. The van der Waals surface area contributed by atoms with Crippen LogP contribution in [0.15, 0.2) is 53.4 Å². The highest BCUT2D eigenvalue weighted by Gasteiger charge is 2.11. The van der Waals surface area contributed by atoms with Crippen LogP contribution in [0.5, 0.6) is 5.75 Å². The van der Waals surface area contributed by atoms with Crippen molar-refractivity contribution in [2.75, 3.05) is 13.2 Å². The van der Waals surface area contributed by atoms with Gasteiger partial charge in [0.15, 0.2) is 0 Å². The molecule has 2 aromatic carbocycles. The predicted octanol–water partition coefficient (Wildman–Crippen LogP) is 5.15. The van der Waals surface area contributed by atoms with Crippen LogP contribution in [0.1, 0.15) is 43.1 Å². The van der Waals surface area contributed by atoms with Crippen molar-refractivity contribution in [3.8, 4) is 5.75 Å². The van der Waals surface area contributed by atoms with E-state index in [1.165, 1.54) is 4.90 Å². The molecule has 0 aromatic heterocycles. The van der Waals surface area contributed by atoms with Gasteiger partial charge in [0.2, 0.25) is 0 Å². The molecule has 1 N–H and O–H groups in total. The van der Waals surface area contributed by atoms with Gasteiger partial charge in [-0.3, -0.25) is 4.79 Å². The third-order valence-corrected chi connectivity index (χ3v) is 4.83. The van der Waals surface area contributed by atoms with Gasteiger partial charge in [0.05, 0.1) is 6.61 Å². The van der Waals surface area contributed by atoms with E-state index in [1.807, 2.05) is 43.3 Å². The highest BCUT2D eigenvalue weighted by atomic mass is 32.2. The molecule has 4 heteroatoms. The summed E-state index contributed by atoms with van der Waals surface area (Å²) in [5.41, 5.74) is 1.74. The van der Waals surface area contributed by atoms with Crippen molar-refractivity contribution in [2.45, 2.75) is 37.8 Å². The lowest BCUT2D eigenvalue weighted by Gasteiger charge is -2.13. The Morgan fingerprint density at radius 1 is 1.16 bits per heavy atom. The van der Waals surface area contributed by atoms with Crippen molar-refractivity contribution < 1.29 is 9.53 Å². The molecular formula is C21H27NO2S. The summed E-state index contributed by atoms with van der Waals surface area (Å²) in [6.45, 7) is 7.60. The fourth-order valence-electron chi connectivity index (χ4n) is 2.38. The van der Waals surface area contributed by atoms with Gasteiger partial charge in [-0.05, 0) is 49.6 Å². The molecule has 3 nitrogen and oxygen atoms in total. The minimum Gasteiger partial charge on any atom is -0.494 e. The van der Waals surface area contributed by atoms with Crippen molar-refractivity contribution in [3.63, 3.8) is 0 Å². The highest BCUT2D eigenvalue weighted by Crippen LogP contribution is 2.29. The average Bonchev–Trinajstić information content (AvgIpc) is 2.61. The number of thioether (sulfide) groups is 1. The van der Waals surface area contributed by atoms with Crippen molar-refractivity contribution in [1.29, 1.82) is 0 Å². The number of hydrogen-bond acceptors (Lipinski definition) is 3. The molecule has 0 bridgehead atoms. The zero-order valence-corrected chi connectivity index (χ0v) is 16.1. The van der Waals surface area contributed by atoms with E-state index in [0.29, 0.717) is 24.6 Å². The first kappa shape index (κ1) is 19.4. The molecular weight excluding hydrogens is 330 g/mol. The zero-order chi connectivity index (χ0) is 18.1. The molecule has 0 aliphatic heterocycles. The van der Waals surface area contributed by atoms with Crippen LogP contribution in [-0.4, -0.2) is 19.1 Å². The van der Waals surface area contributed by atoms with Gasteiger partial charge in [0.1, 0.15) is 5.75 Å². The summed E-state index contributed by atoms with van der Waals surface area (Å²) in [5, 5.41) is 3.00. The van der Waals surface area contributed by atoms with E-state index < -0.39 is 0 Å². The maximum Gasteiger partial charge on any atom is 0.251 e. The minimum absolute atomic E-state index is 0.0188. The van der Waals surface area contributed by atoms with Gasteiger partial charge in [0, 0.05) is 28.3 Å². The van der Waals surface area contributed by atoms with Gasteiger partial charge in [-0.25, -0.2) is 0 Å². The molecule has 2 aromatic rings. The number of benzene rings is 2. The average molecular weight is 358 g/mol. The van der Waals surface area contributed by atoms with Gasteiger partial charge in [-0.15, -0.1) is 11.8 Å². The summed E-state index contributed by atoms with van der Waals surface area (Å²) < 4.78 is 5.73. The fraction of sp³-hybridized carbons (Fsp3) is 0.381. The van der Waals surface area contributed by atoms with Crippen molar-refractivity contribution in [1.82, 2.24) is 5.32 Å². The first-order valence-corrected chi connectivity index (χ1v) is 9.80. The van der Waals surface area contributed by atoms with Crippen LogP contribution in [0.3, 0.4) is 0 Å². The monoisotopic (exact) mass is 357 g/mol. The summed E-state index contributed by atoms with van der Waals surface area (Å²) in [7, 11) is 0. The molecule has 0 atom stereocenters. The lowest BCUT2D eigenvalue weighted by atomic mass is 10.1. The Kier molecular flexibility index (Phi) is 7.86.